The Kier molecular flexibility index (Phi) is 7.00. The Bertz CT molecular complexity index is 661. The number of hydrogen-bond acceptors (Lipinski definition) is 4. The number of carbonyl (C=O) groups excluding carboxylic acids is 1. The molecule has 1 atom stereocenters. The van der Waals surface area contributed by atoms with Crippen LogP contribution in [0.3, 0.4) is 0 Å². The Morgan fingerprint density at radius 3 is 2.42 bits per heavy atom. The SMILES string of the molecule is CCC(NC(=O)CSc1ccccc1)c1ccc(OC)c(OC)c1. The Morgan fingerprint density at radius 2 is 1.79 bits per heavy atom. The predicted octanol–water partition coefficient (Wildman–Crippen LogP) is 4.06. The highest BCUT2D eigenvalue weighted by Gasteiger charge is 2.15. The molecule has 128 valence electrons. The van der Waals surface area contributed by atoms with Gasteiger partial charge in [-0.3, -0.25) is 4.79 Å². The van der Waals surface area contributed by atoms with Crippen LogP contribution in [0.4, 0.5) is 0 Å². The van der Waals surface area contributed by atoms with Crippen LogP contribution in [-0.4, -0.2) is 25.9 Å². The molecular formula is C19H23NO3S. The molecule has 0 radical (unpaired) electrons. The Hall–Kier alpha value is -2.14. The minimum Gasteiger partial charge on any atom is -0.493 e. The molecule has 1 amide bonds. The van der Waals surface area contributed by atoms with Crippen molar-refractivity contribution in [3.63, 3.8) is 0 Å². The molecule has 1 N–H and O–H groups in total. The van der Waals surface area contributed by atoms with Crippen LogP contribution in [0.1, 0.15) is 24.9 Å². The summed E-state index contributed by atoms with van der Waals surface area (Å²) in [5, 5.41) is 3.09. The van der Waals surface area contributed by atoms with E-state index in [1.165, 1.54) is 11.8 Å². The molecule has 1 unspecified atom stereocenters. The summed E-state index contributed by atoms with van der Waals surface area (Å²) in [4.78, 5) is 13.3. The molecule has 0 spiro atoms. The second-order valence-electron chi connectivity index (χ2n) is 5.24. The Balaban J connectivity index is 1.99. The summed E-state index contributed by atoms with van der Waals surface area (Å²) in [5.74, 6) is 1.77. The summed E-state index contributed by atoms with van der Waals surface area (Å²) >= 11 is 1.53. The highest BCUT2D eigenvalue weighted by atomic mass is 32.2. The molecular weight excluding hydrogens is 322 g/mol. The van der Waals surface area contributed by atoms with Gasteiger partial charge in [0.05, 0.1) is 26.0 Å². The minimum atomic E-state index is -0.0475. The molecule has 0 saturated heterocycles. The smallest absolute Gasteiger partial charge is 0.230 e. The van der Waals surface area contributed by atoms with Crippen LogP contribution in [0.25, 0.3) is 0 Å². The van der Waals surface area contributed by atoms with Gasteiger partial charge in [-0.1, -0.05) is 31.2 Å². The average Bonchev–Trinajstić information content (AvgIpc) is 2.64. The minimum absolute atomic E-state index is 0.0190. The highest BCUT2D eigenvalue weighted by Crippen LogP contribution is 2.31. The van der Waals surface area contributed by atoms with Crippen molar-refractivity contribution in [1.29, 1.82) is 0 Å². The van der Waals surface area contributed by atoms with Crippen molar-refractivity contribution in [2.75, 3.05) is 20.0 Å². The zero-order chi connectivity index (χ0) is 17.4. The van der Waals surface area contributed by atoms with Crippen LogP contribution < -0.4 is 14.8 Å². The van der Waals surface area contributed by atoms with Crippen LogP contribution in [0.2, 0.25) is 0 Å². The van der Waals surface area contributed by atoms with Crippen molar-refractivity contribution in [1.82, 2.24) is 5.32 Å². The normalized spacial score (nSPS) is 11.6. The lowest BCUT2D eigenvalue weighted by molar-refractivity contribution is -0.119. The summed E-state index contributed by atoms with van der Waals surface area (Å²) in [7, 11) is 3.22. The van der Waals surface area contributed by atoms with Gasteiger partial charge in [0.1, 0.15) is 0 Å². The van der Waals surface area contributed by atoms with Gasteiger partial charge in [-0.15, -0.1) is 11.8 Å². The summed E-state index contributed by atoms with van der Waals surface area (Å²) in [6.45, 7) is 2.05. The second kappa shape index (κ2) is 9.23. The lowest BCUT2D eigenvalue weighted by Gasteiger charge is -2.19. The third kappa shape index (κ3) is 4.93. The van der Waals surface area contributed by atoms with E-state index in [1.807, 2.05) is 55.5 Å². The van der Waals surface area contributed by atoms with Gasteiger partial charge in [0.15, 0.2) is 11.5 Å². The molecule has 0 aliphatic heterocycles. The van der Waals surface area contributed by atoms with E-state index in [-0.39, 0.29) is 11.9 Å². The number of rotatable bonds is 8. The quantitative estimate of drug-likeness (QED) is 0.733. The van der Waals surface area contributed by atoms with Gasteiger partial charge < -0.3 is 14.8 Å². The second-order valence-corrected chi connectivity index (χ2v) is 6.29. The summed E-state index contributed by atoms with van der Waals surface area (Å²) < 4.78 is 10.6. The molecule has 0 fully saturated rings. The molecule has 24 heavy (non-hydrogen) atoms. The van der Waals surface area contributed by atoms with Crippen LogP contribution in [0.15, 0.2) is 53.4 Å². The number of thioether (sulfide) groups is 1. The van der Waals surface area contributed by atoms with E-state index in [2.05, 4.69) is 5.32 Å². The van der Waals surface area contributed by atoms with Crippen LogP contribution in [0.5, 0.6) is 11.5 Å². The molecule has 0 aliphatic rings. The highest BCUT2D eigenvalue weighted by molar-refractivity contribution is 8.00. The van der Waals surface area contributed by atoms with Crippen LogP contribution in [0, 0.1) is 0 Å². The largest absolute Gasteiger partial charge is 0.493 e. The predicted molar refractivity (Wildman–Crippen MR) is 97.9 cm³/mol. The van der Waals surface area contributed by atoms with E-state index >= 15 is 0 Å². The molecule has 0 saturated carbocycles. The van der Waals surface area contributed by atoms with E-state index in [0.717, 1.165) is 16.9 Å². The fourth-order valence-corrected chi connectivity index (χ4v) is 3.12. The van der Waals surface area contributed by atoms with Gasteiger partial charge in [0.2, 0.25) is 5.91 Å². The first kappa shape index (κ1) is 18.2. The van der Waals surface area contributed by atoms with E-state index in [9.17, 15) is 4.79 Å². The van der Waals surface area contributed by atoms with Gasteiger partial charge >= 0.3 is 0 Å². The number of amides is 1. The van der Waals surface area contributed by atoms with Gasteiger partial charge in [-0.25, -0.2) is 0 Å². The lowest BCUT2D eigenvalue weighted by atomic mass is 10.0. The maximum Gasteiger partial charge on any atom is 0.230 e. The summed E-state index contributed by atoms with van der Waals surface area (Å²) in [5.41, 5.74) is 1.01. The molecule has 0 aromatic heterocycles. The van der Waals surface area contributed by atoms with Crippen LogP contribution in [-0.2, 0) is 4.79 Å². The van der Waals surface area contributed by atoms with Gasteiger partial charge in [0, 0.05) is 4.90 Å². The van der Waals surface area contributed by atoms with Gasteiger partial charge in [0.25, 0.3) is 0 Å². The molecule has 0 bridgehead atoms. The third-order valence-corrected chi connectivity index (χ3v) is 4.68. The Labute approximate surface area is 147 Å². The third-order valence-electron chi connectivity index (χ3n) is 3.67. The zero-order valence-corrected chi connectivity index (χ0v) is 15.1. The molecule has 2 aromatic rings. The van der Waals surface area contributed by atoms with E-state index in [1.54, 1.807) is 14.2 Å². The Morgan fingerprint density at radius 1 is 1.08 bits per heavy atom. The molecule has 2 aromatic carbocycles. The first-order chi connectivity index (χ1) is 11.7. The number of hydrogen-bond donors (Lipinski definition) is 1. The van der Waals surface area contributed by atoms with Gasteiger partial charge in [-0.2, -0.15) is 0 Å². The zero-order valence-electron chi connectivity index (χ0n) is 14.2. The fraction of sp³-hybridized carbons (Fsp3) is 0.316. The summed E-state index contributed by atoms with van der Waals surface area (Å²) in [6, 6.07) is 15.6. The number of benzene rings is 2. The average molecular weight is 345 g/mol. The first-order valence-corrected chi connectivity index (χ1v) is 8.85. The first-order valence-electron chi connectivity index (χ1n) is 7.87. The topological polar surface area (TPSA) is 47.6 Å². The number of nitrogens with one attached hydrogen (secondary N) is 1. The number of methoxy groups -OCH3 is 2. The maximum atomic E-state index is 12.2. The van der Waals surface area contributed by atoms with Crippen molar-refractivity contribution >= 4 is 17.7 Å². The van der Waals surface area contributed by atoms with E-state index < -0.39 is 0 Å². The summed E-state index contributed by atoms with van der Waals surface area (Å²) in [6.07, 6.45) is 0.803. The monoisotopic (exact) mass is 345 g/mol. The van der Waals surface area contributed by atoms with Gasteiger partial charge in [-0.05, 0) is 36.2 Å². The van der Waals surface area contributed by atoms with Crippen molar-refractivity contribution in [2.24, 2.45) is 0 Å². The van der Waals surface area contributed by atoms with Crippen molar-refractivity contribution in [3.8, 4) is 11.5 Å². The molecule has 0 aliphatic carbocycles. The standard InChI is InChI=1S/C19H23NO3S/c1-4-16(14-10-11-17(22-2)18(12-14)23-3)20-19(21)13-24-15-8-6-5-7-9-15/h5-12,16H,4,13H2,1-3H3,(H,20,21). The molecule has 0 heterocycles. The molecule has 2 rings (SSSR count). The van der Waals surface area contributed by atoms with E-state index in [4.69, 9.17) is 9.47 Å². The fourth-order valence-electron chi connectivity index (χ4n) is 2.39. The number of ether oxygens (including phenoxy) is 2. The molecule has 5 heteroatoms. The lowest BCUT2D eigenvalue weighted by Crippen LogP contribution is -2.29. The van der Waals surface area contributed by atoms with Crippen molar-refractivity contribution in [3.05, 3.63) is 54.1 Å². The van der Waals surface area contributed by atoms with Crippen LogP contribution >= 0.6 is 11.8 Å². The van der Waals surface area contributed by atoms with Crippen molar-refractivity contribution < 1.29 is 14.3 Å². The molecule has 4 nitrogen and oxygen atoms in total. The maximum absolute atomic E-state index is 12.2. The van der Waals surface area contributed by atoms with Crippen molar-refractivity contribution in [2.45, 2.75) is 24.3 Å². The van der Waals surface area contributed by atoms with E-state index in [0.29, 0.717) is 17.3 Å². The number of carbonyl (C=O) groups is 1.